The number of benzene rings is 1. The minimum Gasteiger partial charge on any atom is -0.497 e. The Morgan fingerprint density at radius 3 is 2.96 bits per heavy atom. The lowest BCUT2D eigenvalue weighted by Crippen LogP contribution is -2.46. The van der Waals surface area contributed by atoms with Crippen LogP contribution in [0.4, 0.5) is 4.79 Å². The van der Waals surface area contributed by atoms with Crippen LogP contribution in [0, 0.1) is 23.7 Å². The first-order chi connectivity index (χ1) is 11.2. The summed E-state index contributed by atoms with van der Waals surface area (Å²) in [6, 6.07) is 8.19. The Morgan fingerprint density at radius 1 is 1.22 bits per heavy atom. The molecule has 0 radical (unpaired) electrons. The summed E-state index contributed by atoms with van der Waals surface area (Å²) < 4.78 is 5.21. The van der Waals surface area contributed by atoms with Crippen LogP contribution in [-0.4, -0.2) is 19.2 Å². The van der Waals surface area contributed by atoms with Crippen molar-refractivity contribution in [2.45, 2.75) is 44.7 Å². The maximum atomic E-state index is 12.2. The highest BCUT2D eigenvalue weighted by Crippen LogP contribution is 2.58. The second-order valence-electron chi connectivity index (χ2n) is 7.44. The number of amides is 2. The predicted molar refractivity (Wildman–Crippen MR) is 89.2 cm³/mol. The van der Waals surface area contributed by atoms with Gasteiger partial charge in [-0.25, -0.2) is 4.79 Å². The number of fused-ring (bicyclic) bond motifs is 5. The third kappa shape index (κ3) is 2.79. The monoisotopic (exact) mass is 314 g/mol. The SMILES string of the molecule is COc1cccc(CNC(=O)N[C@@H]2C[C@H]3C[C@H]2[C@H]2CCC[C@@H]32)c1. The zero-order chi connectivity index (χ0) is 15.8. The summed E-state index contributed by atoms with van der Waals surface area (Å²) >= 11 is 0. The standard InChI is InChI=1S/C19H26N2O2/c1-23-14-5-2-4-12(8-14)11-20-19(22)21-18-10-13-9-17(18)16-7-3-6-15(13)16/h2,4-5,8,13,15-18H,3,6-7,9-11H2,1H3,(H2,20,21,22)/t13-,15+,16+,17+,18-/m1/s1. The second-order valence-corrected chi connectivity index (χ2v) is 7.44. The van der Waals surface area contributed by atoms with E-state index < -0.39 is 0 Å². The molecule has 4 rings (SSSR count). The van der Waals surface area contributed by atoms with Crippen molar-refractivity contribution in [3.63, 3.8) is 0 Å². The molecule has 2 amide bonds. The van der Waals surface area contributed by atoms with Gasteiger partial charge in [-0.2, -0.15) is 0 Å². The summed E-state index contributed by atoms with van der Waals surface area (Å²) in [6.07, 6.45) is 6.75. The van der Waals surface area contributed by atoms with Gasteiger partial charge < -0.3 is 15.4 Å². The molecule has 2 bridgehead atoms. The molecular weight excluding hydrogens is 288 g/mol. The highest BCUT2D eigenvalue weighted by atomic mass is 16.5. The van der Waals surface area contributed by atoms with Gasteiger partial charge in [0.2, 0.25) is 0 Å². The van der Waals surface area contributed by atoms with Crippen LogP contribution in [0.25, 0.3) is 0 Å². The smallest absolute Gasteiger partial charge is 0.315 e. The van der Waals surface area contributed by atoms with Crippen molar-refractivity contribution >= 4 is 6.03 Å². The Hall–Kier alpha value is -1.71. The van der Waals surface area contributed by atoms with E-state index in [0.717, 1.165) is 35.0 Å². The van der Waals surface area contributed by atoms with E-state index in [4.69, 9.17) is 4.74 Å². The molecule has 3 fully saturated rings. The van der Waals surface area contributed by atoms with Crippen molar-refractivity contribution in [3.05, 3.63) is 29.8 Å². The molecule has 0 saturated heterocycles. The lowest BCUT2D eigenvalue weighted by atomic mass is 9.79. The molecule has 3 aliphatic rings. The first kappa shape index (κ1) is 14.9. The van der Waals surface area contributed by atoms with Crippen LogP contribution in [0.5, 0.6) is 5.75 Å². The zero-order valence-electron chi connectivity index (χ0n) is 13.8. The Labute approximate surface area is 138 Å². The van der Waals surface area contributed by atoms with Crippen molar-refractivity contribution in [2.24, 2.45) is 23.7 Å². The van der Waals surface area contributed by atoms with Gasteiger partial charge in [0.05, 0.1) is 7.11 Å². The van der Waals surface area contributed by atoms with Crippen LogP contribution in [0.3, 0.4) is 0 Å². The summed E-state index contributed by atoms with van der Waals surface area (Å²) in [5.74, 6) is 4.28. The molecule has 1 aromatic carbocycles. The first-order valence-corrected chi connectivity index (χ1v) is 8.92. The van der Waals surface area contributed by atoms with Crippen LogP contribution >= 0.6 is 0 Å². The van der Waals surface area contributed by atoms with Crippen LogP contribution in [-0.2, 0) is 6.54 Å². The van der Waals surface area contributed by atoms with E-state index in [9.17, 15) is 4.79 Å². The third-order valence-corrected chi connectivity index (χ3v) is 6.33. The highest BCUT2D eigenvalue weighted by molar-refractivity contribution is 5.74. The highest BCUT2D eigenvalue weighted by Gasteiger charge is 2.53. The number of hydrogen-bond donors (Lipinski definition) is 2. The van der Waals surface area contributed by atoms with E-state index in [1.165, 1.54) is 32.1 Å². The molecule has 3 saturated carbocycles. The van der Waals surface area contributed by atoms with Crippen molar-refractivity contribution in [2.75, 3.05) is 7.11 Å². The molecule has 0 aliphatic heterocycles. The number of urea groups is 1. The van der Waals surface area contributed by atoms with E-state index >= 15 is 0 Å². The fraction of sp³-hybridized carbons (Fsp3) is 0.632. The van der Waals surface area contributed by atoms with Gasteiger partial charge >= 0.3 is 6.03 Å². The molecule has 3 aliphatic carbocycles. The molecule has 0 heterocycles. The molecule has 0 spiro atoms. The largest absolute Gasteiger partial charge is 0.497 e. The van der Waals surface area contributed by atoms with E-state index in [2.05, 4.69) is 10.6 Å². The van der Waals surface area contributed by atoms with Crippen LogP contribution < -0.4 is 15.4 Å². The number of ether oxygens (including phenoxy) is 1. The van der Waals surface area contributed by atoms with E-state index in [0.29, 0.717) is 12.6 Å². The number of hydrogen-bond acceptors (Lipinski definition) is 2. The van der Waals surface area contributed by atoms with Crippen molar-refractivity contribution < 1.29 is 9.53 Å². The summed E-state index contributed by atoms with van der Waals surface area (Å²) in [4.78, 5) is 12.2. The molecule has 124 valence electrons. The van der Waals surface area contributed by atoms with Gasteiger partial charge in [0, 0.05) is 12.6 Å². The van der Waals surface area contributed by atoms with E-state index in [1.807, 2.05) is 24.3 Å². The molecule has 1 aromatic rings. The quantitative estimate of drug-likeness (QED) is 0.896. The van der Waals surface area contributed by atoms with Crippen LogP contribution in [0.2, 0.25) is 0 Å². The maximum Gasteiger partial charge on any atom is 0.315 e. The number of rotatable bonds is 4. The zero-order valence-corrected chi connectivity index (χ0v) is 13.8. The maximum absolute atomic E-state index is 12.2. The fourth-order valence-corrected chi connectivity index (χ4v) is 5.42. The van der Waals surface area contributed by atoms with Gasteiger partial charge in [-0.3, -0.25) is 0 Å². The van der Waals surface area contributed by atoms with Crippen molar-refractivity contribution in [3.8, 4) is 5.75 Å². The Balaban J connectivity index is 1.29. The summed E-state index contributed by atoms with van der Waals surface area (Å²) in [6.45, 7) is 0.538. The van der Waals surface area contributed by atoms with Crippen LogP contribution in [0.15, 0.2) is 24.3 Å². The van der Waals surface area contributed by atoms with Gasteiger partial charge in [0.15, 0.2) is 0 Å². The number of methoxy groups -OCH3 is 1. The molecule has 4 heteroatoms. The van der Waals surface area contributed by atoms with Crippen LogP contribution in [0.1, 0.15) is 37.7 Å². The lowest BCUT2D eigenvalue weighted by molar-refractivity contribution is 0.197. The van der Waals surface area contributed by atoms with Gasteiger partial charge in [-0.05, 0) is 67.1 Å². The summed E-state index contributed by atoms with van der Waals surface area (Å²) in [7, 11) is 1.66. The number of nitrogens with one attached hydrogen (secondary N) is 2. The van der Waals surface area contributed by atoms with Gasteiger partial charge in [0.1, 0.15) is 5.75 Å². The van der Waals surface area contributed by atoms with E-state index in [-0.39, 0.29) is 6.03 Å². The predicted octanol–water partition coefficient (Wildman–Crippen LogP) is 3.32. The van der Waals surface area contributed by atoms with Crippen molar-refractivity contribution in [1.82, 2.24) is 10.6 Å². The molecule has 5 atom stereocenters. The second kappa shape index (κ2) is 6.06. The summed E-state index contributed by atoms with van der Waals surface area (Å²) in [5, 5.41) is 6.23. The first-order valence-electron chi connectivity index (χ1n) is 8.92. The average Bonchev–Trinajstić information content (AvgIpc) is 3.26. The third-order valence-electron chi connectivity index (χ3n) is 6.33. The molecule has 0 unspecified atom stereocenters. The lowest BCUT2D eigenvalue weighted by Gasteiger charge is -2.32. The van der Waals surface area contributed by atoms with Crippen molar-refractivity contribution in [1.29, 1.82) is 0 Å². The molecule has 2 N–H and O–H groups in total. The fourth-order valence-electron chi connectivity index (χ4n) is 5.42. The number of carbonyl (C=O) groups excluding carboxylic acids is 1. The summed E-state index contributed by atoms with van der Waals surface area (Å²) in [5.41, 5.74) is 1.06. The minimum atomic E-state index is -0.0279. The Bertz CT molecular complexity index is 588. The van der Waals surface area contributed by atoms with E-state index in [1.54, 1.807) is 7.11 Å². The number of carbonyl (C=O) groups is 1. The normalized spacial score (nSPS) is 34.2. The average molecular weight is 314 g/mol. The molecule has 4 nitrogen and oxygen atoms in total. The molecular formula is C19H26N2O2. The van der Waals surface area contributed by atoms with Gasteiger partial charge in [-0.15, -0.1) is 0 Å². The molecule has 23 heavy (non-hydrogen) atoms. The van der Waals surface area contributed by atoms with Gasteiger partial charge in [-0.1, -0.05) is 18.6 Å². The van der Waals surface area contributed by atoms with Gasteiger partial charge in [0.25, 0.3) is 0 Å². The minimum absolute atomic E-state index is 0.0279. The topological polar surface area (TPSA) is 50.4 Å². The Kier molecular flexibility index (Phi) is 3.92. The molecule has 0 aromatic heterocycles. The Morgan fingerprint density at radius 2 is 2.09 bits per heavy atom.